The van der Waals surface area contributed by atoms with Crippen LogP contribution in [0, 0.1) is 17.5 Å². The van der Waals surface area contributed by atoms with Crippen molar-refractivity contribution in [3.05, 3.63) is 64.2 Å². The van der Waals surface area contributed by atoms with Gasteiger partial charge in [0, 0.05) is 0 Å². The van der Waals surface area contributed by atoms with Gasteiger partial charge >= 0.3 is 0 Å². The van der Waals surface area contributed by atoms with Crippen LogP contribution in [0.25, 0.3) is 11.0 Å². The van der Waals surface area contributed by atoms with E-state index < -0.39 is 0 Å². The van der Waals surface area contributed by atoms with Crippen molar-refractivity contribution in [2.75, 3.05) is 0 Å². The number of aromatic amines is 1. The summed E-state index contributed by atoms with van der Waals surface area (Å²) in [5, 5.41) is 0. The summed E-state index contributed by atoms with van der Waals surface area (Å²) in [5.74, 6) is -0.225. The Balaban J connectivity index is 2.22. The van der Waals surface area contributed by atoms with Crippen LogP contribution in [0.2, 0.25) is 0 Å². The molecule has 20 heavy (non-hydrogen) atoms. The molecule has 1 N–H and O–H groups in total. The molecule has 0 amide bonds. The minimum Gasteiger partial charge on any atom is -0.330 e. The van der Waals surface area contributed by atoms with Crippen LogP contribution in [-0.4, -0.2) is 9.55 Å². The topological polar surface area (TPSA) is 20.7 Å². The summed E-state index contributed by atoms with van der Waals surface area (Å²) in [6, 6.07) is 12.7. The average Bonchev–Trinajstić information content (AvgIpc) is 2.76. The molecule has 0 aliphatic carbocycles. The van der Waals surface area contributed by atoms with E-state index in [0.717, 1.165) is 22.2 Å². The van der Waals surface area contributed by atoms with E-state index in [-0.39, 0.29) is 11.9 Å². The fraction of sp³-hybridized carbons (Fsp3) is 0.188. The van der Waals surface area contributed by atoms with Crippen molar-refractivity contribution in [2.24, 2.45) is 0 Å². The van der Waals surface area contributed by atoms with Gasteiger partial charge in [0.2, 0.25) is 0 Å². The lowest BCUT2D eigenvalue weighted by Crippen LogP contribution is -2.07. The fourth-order valence-electron chi connectivity index (χ4n) is 2.59. The second-order valence-corrected chi connectivity index (χ2v) is 5.39. The molecule has 0 bridgehead atoms. The Labute approximate surface area is 121 Å². The Hall–Kier alpha value is -1.94. The molecule has 3 rings (SSSR count). The summed E-state index contributed by atoms with van der Waals surface area (Å²) in [6.45, 7) is 4.07. The minimum absolute atomic E-state index is 0.0197. The number of imidazole rings is 1. The molecular weight excluding hydrogens is 271 g/mol. The van der Waals surface area contributed by atoms with Gasteiger partial charge < -0.3 is 9.55 Å². The number of hydrogen-bond donors (Lipinski definition) is 1. The van der Waals surface area contributed by atoms with E-state index in [4.69, 9.17) is 12.2 Å². The molecule has 0 saturated carbocycles. The van der Waals surface area contributed by atoms with E-state index in [1.807, 2.05) is 42.7 Å². The van der Waals surface area contributed by atoms with Crippen LogP contribution in [0.3, 0.4) is 0 Å². The molecule has 0 saturated heterocycles. The van der Waals surface area contributed by atoms with Crippen LogP contribution >= 0.6 is 12.2 Å². The average molecular weight is 286 g/mol. The van der Waals surface area contributed by atoms with E-state index in [9.17, 15) is 4.39 Å². The van der Waals surface area contributed by atoms with Gasteiger partial charge in [-0.1, -0.05) is 24.3 Å². The second kappa shape index (κ2) is 4.87. The van der Waals surface area contributed by atoms with Crippen molar-refractivity contribution < 1.29 is 4.39 Å². The van der Waals surface area contributed by atoms with Crippen molar-refractivity contribution in [3.63, 3.8) is 0 Å². The molecule has 0 spiro atoms. The quantitative estimate of drug-likeness (QED) is 0.674. The Morgan fingerprint density at radius 3 is 2.70 bits per heavy atom. The fourth-order valence-corrected chi connectivity index (χ4v) is 2.95. The first kappa shape index (κ1) is 13.1. The van der Waals surface area contributed by atoms with Gasteiger partial charge in [-0.2, -0.15) is 0 Å². The van der Waals surface area contributed by atoms with Crippen molar-refractivity contribution in [3.8, 4) is 0 Å². The molecule has 1 unspecified atom stereocenters. The van der Waals surface area contributed by atoms with Gasteiger partial charge in [0.25, 0.3) is 0 Å². The van der Waals surface area contributed by atoms with E-state index in [1.165, 1.54) is 6.07 Å². The third-order valence-corrected chi connectivity index (χ3v) is 3.98. The largest absolute Gasteiger partial charge is 0.330 e. The van der Waals surface area contributed by atoms with Gasteiger partial charge in [0.1, 0.15) is 5.82 Å². The zero-order chi connectivity index (χ0) is 14.3. The van der Waals surface area contributed by atoms with Crippen LogP contribution in [0.15, 0.2) is 42.5 Å². The van der Waals surface area contributed by atoms with E-state index >= 15 is 0 Å². The molecular formula is C16H15FN2S. The lowest BCUT2D eigenvalue weighted by atomic mass is 10.1. The third-order valence-electron chi connectivity index (χ3n) is 3.68. The number of H-pyrrole nitrogens is 1. The van der Waals surface area contributed by atoms with Crippen LogP contribution in [0.4, 0.5) is 4.39 Å². The molecule has 1 atom stereocenters. The van der Waals surface area contributed by atoms with Crippen molar-refractivity contribution in [2.45, 2.75) is 19.9 Å². The highest BCUT2D eigenvalue weighted by Crippen LogP contribution is 2.26. The zero-order valence-electron chi connectivity index (χ0n) is 11.4. The standard InChI is InChI=1S/C16H15FN2S/c1-10-5-3-8-14-15(10)18-16(20)19(14)11(2)12-6-4-7-13(17)9-12/h3-9,11H,1-2H3,(H,18,20). The molecule has 2 aromatic carbocycles. The van der Waals surface area contributed by atoms with Crippen LogP contribution in [0.1, 0.15) is 24.1 Å². The first-order valence-corrected chi connectivity index (χ1v) is 6.94. The summed E-state index contributed by atoms with van der Waals surface area (Å²) in [4.78, 5) is 3.24. The van der Waals surface area contributed by atoms with Gasteiger partial charge in [-0.25, -0.2) is 4.39 Å². The predicted octanol–water partition coefficient (Wildman–Crippen LogP) is 4.76. The number of hydrogen-bond acceptors (Lipinski definition) is 1. The van der Waals surface area contributed by atoms with Crippen molar-refractivity contribution in [1.82, 2.24) is 9.55 Å². The van der Waals surface area contributed by atoms with E-state index in [0.29, 0.717) is 4.77 Å². The second-order valence-electron chi connectivity index (χ2n) is 5.00. The van der Waals surface area contributed by atoms with Crippen molar-refractivity contribution in [1.29, 1.82) is 0 Å². The van der Waals surface area contributed by atoms with Gasteiger partial charge in [0.05, 0.1) is 17.1 Å². The Morgan fingerprint density at radius 1 is 1.20 bits per heavy atom. The first-order chi connectivity index (χ1) is 9.58. The summed E-state index contributed by atoms with van der Waals surface area (Å²) >= 11 is 5.44. The molecule has 3 aromatic rings. The molecule has 0 aliphatic heterocycles. The molecule has 0 fully saturated rings. The number of aromatic nitrogens is 2. The zero-order valence-corrected chi connectivity index (χ0v) is 12.2. The van der Waals surface area contributed by atoms with Gasteiger partial charge in [-0.3, -0.25) is 0 Å². The molecule has 1 heterocycles. The smallest absolute Gasteiger partial charge is 0.178 e. The lowest BCUT2D eigenvalue weighted by molar-refractivity contribution is 0.608. The SMILES string of the molecule is Cc1cccc2c1[nH]c(=S)n2C(C)c1cccc(F)c1. The van der Waals surface area contributed by atoms with Gasteiger partial charge in [-0.05, 0) is 55.4 Å². The highest BCUT2D eigenvalue weighted by Gasteiger charge is 2.14. The van der Waals surface area contributed by atoms with Crippen LogP contribution in [-0.2, 0) is 0 Å². The molecule has 102 valence electrons. The summed E-state index contributed by atoms with van der Waals surface area (Å²) in [6.07, 6.45) is 0. The van der Waals surface area contributed by atoms with Crippen LogP contribution < -0.4 is 0 Å². The minimum atomic E-state index is -0.225. The summed E-state index contributed by atoms with van der Waals surface area (Å²) in [7, 11) is 0. The highest BCUT2D eigenvalue weighted by atomic mass is 32.1. The number of rotatable bonds is 2. The maximum Gasteiger partial charge on any atom is 0.178 e. The maximum absolute atomic E-state index is 13.4. The van der Waals surface area contributed by atoms with Gasteiger partial charge in [-0.15, -0.1) is 0 Å². The Bertz CT molecular complexity index is 832. The number of halogens is 1. The normalized spacial score (nSPS) is 12.8. The molecule has 1 aromatic heterocycles. The van der Waals surface area contributed by atoms with Crippen molar-refractivity contribution >= 4 is 23.3 Å². The number of aryl methyl sites for hydroxylation is 1. The number of nitrogens with one attached hydrogen (secondary N) is 1. The maximum atomic E-state index is 13.4. The van der Waals surface area contributed by atoms with E-state index in [2.05, 4.69) is 4.98 Å². The molecule has 0 aliphatic rings. The molecule has 4 heteroatoms. The Kier molecular flexibility index (Phi) is 3.18. The monoisotopic (exact) mass is 286 g/mol. The molecule has 0 radical (unpaired) electrons. The number of nitrogens with zero attached hydrogens (tertiary/aromatic N) is 1. The summed E-state index contributed by atoms with van der Waals surface area (Å²) < 4.78 is 16.1. The highest BCUT2D eigenvalue weighted by molar-refractivity contribution is 7.71. The number of fused-ring (bicyclic) bond motifs is 1. The van der Waals surface area contributed by atoms with Gasteiger partial charge in [0.15, 0.2) is 4.77 Å². The number of benzene rings is 2. The summed E-state index contributed by atoms with van der Waals surface area (Å²) in [5.41, 5.74) is 4.15. The number of para-hydroxylation sites is 1. The molecule has 2 nitrogen and oxygen atoms in total. The van der Waals surface area contributed by atoms with Crippen LogP contribution in [0.5, 0.6) is 0 Å². The first-order valence-electron chi connectivity index (χ1n) is 6.53. The van der Waals surface area contributed by atoms with E-state index in [1.54, 1.807) is 12.1 Å². The lowest BCUT2D eigenvalue weighted by Gasteiger charge is -2.15. The Morgan fingerprint density at radius 2 is 1.95 bits per heavy atom. The third kappa shape index (κ3) is 2.06. The predicted molar refractivity (Wildman–Crippen MR) is 82.1 cm³/mol.